The fourth-order valence-corrected chi connectivity index (χ4v) is 2.29. The minimum absolute atomic E-state index is 0.0999. The number of thiazole rings is 1. The van der Waals surface area contributed by atoms with E-state index in [0.29, 0.717) is 10.6 Å². The maximum Gasteiger partial charge on any atom is 0.387 e. The van der Waals surface area contributed by atoms with Crippen molar-refractivity contribution in [2.75, 3.05) is 7.11 Å². The van der Waals surface area contributed by atoms with E-state index < -0.39 is 12.6 Å². The number of ether oxygens (including phenoxy) is 2. The number of carboxylic acids is 1. The highest BCUT2D eigenvalue weighted by Gasteiger charge is 2.15. The largest absolute Gasteiger partial charge is 0.493 e. The Labute approximate surface area is 116 Å². The first-order valence-corrected chi connectivity index (χ1v) is 6.21. The first-order valence-electron chi connectivity index (χ1n) is 5.33. The minimum atomic E-state index is -2.98. The lowest BCUT2D eigenvalue weighted by molar-refractivity contribution is -0.0511. The highest BCUT2D eigenvalue weighted by molar-refractivity contribution is 7.13. The van der Waals surface area contributed by atoms with Crippen molar-refractivity contribution < 1.29 is 28.2 Å². The third-order valence-corrected chi connectivity index (χ3v) is 3.24. The molecule has 1 aromatic heterocycles. The van der Waals surface area contributed by atoms with Crippen molar-refractivity contribution in [1.29, 1.82) is 0 Å². The van der Waals surface area contributed by atoms with Crippen LogP contribution in [-0.4, -0.2) is 29.8 Å². The molecule has 0 amide bonds. The number of aromatic nitrogens is 1. The lowest BCUT2D eigenvalue weighted by Crippen LogP contribution is -2.03. The average Bonchev–Trinajstić information content (AvgIpc) is 2.87. The molecule has 1 N–H and O–H groups in total. The molecule has 8 heteroatoms. The minimum Gasteiger partial charge on any atom is -0.493 e. The van der Waals surface area contributed by atoms with E-state index in [2.05, 4.69) is 9.72 Å². The van der Waals surface area contributed by atoms with Crippen LogP contribution in [0.3, 0.4) is 0 Å². The van der Waals surface area contributed by atoms with E-state index >= 15 is 0 Å². The van der Waals surface area contributed by atoms with Gasteiger partial charge in [0.2, 0.25) is 0 Å². The van der Waals surface area contributed by atoms with Gasteiger partial charge < -0.3 is 14.6 Å². The van der Waals surface area contributed by atoms with Crippen LogP contribution in [0, 0.1) is 0 Å². The van der Waals surface area contributed by atoms with Crippen LogP contribution >= 0.6 is 11.3 Å². The number of aromatic carboxylic acids is 1. The number of halogens is 2. The molecule has 20 heavy (non-hydrogen) atoms. The summed E-state index contributed by atoms with van der Waals surface area (Å²) in [4.78, 5) is 14.6. The summed E-state index contributed by atoms with van der Waals surface area (Å²) in [6.45, 7) is -2.98. The standard InChI is InChI=1S/C12H9F2NO4S/c1-18-8-3-2-6(4-9(8)19-12(13)14)10-15-7(5-20-10)11(16)17/h2-5,12H,1H3,(H,16,17). The Hall–Kier alpha value is -2.22. The summed E-state index contributed by atoms with van der Waals surface area (Å²) in [6.07, 6.45) is 0. The second-order valence-corrected chi connectivity index (χ2v) is 4.45. The van der Waals surface area contributed by atoms with Crippen molar-refractivity contribution in [3.8, 4) is 22.1 Å². The average molecular weight is 301 g/mol. The molecule has 0 aliphatic carbocycles. The predicted octanol–water partition coefficient (Wildman–Crippen LogP) is 3.12. The molecule has 0 saturated carbocycles. The van der Waals surface area contributed by atoms with Gasteiger partial charge in [0.1, 0.15) is 5.01 Å². The van der Waals surface area contributed by atoms with Gasteiger partial charge in [-0.1, -0.05) is 0 Å². The Kier molecular flexibility index (Phi) is 4.14. The Balaban J connectivity index is 2.38. The van der Waals surface area contributed by atoms with Crippen molar-refractivity contribution in [3.05, 3.63) is 29.3 Å². The number of methoxy groups -OCH3 is 1. The Morgan fingerprint density at radius 3 is 2.70 bits per heavy atom. The van der Waals surface area contributed by atoms with Gasteiger partial charge in [-0.3, -0.25) is 0 Å². The lowest BCUT2D eigenvalue weighted by Gasteiger charge is -2.10. The molecule has 0 aliphatic rings. The highest BCUT2D eigenvalue weighted by Crippen LogP contribution is 2.34. The van der Waals surface area contributed by atoms with E-state index in [1.165, 1.54) is 24.6 Å². The van der Waals surface area contributed by atoms with Crippen molar-refractivity contribution in [2.24, 2.45) is 0 Å². The second kappa shape index (κ2) is 5.83. The van der Waals surface area contributed by atoms with Gasteiger partial charge in [0.25, 0.3) is 0 Å². The van der Waals surface area contributed by atoms with Crippen molar-refractivity contribution in [3.63, 3.8) is 0 Å². The van der Waals surface area contributed by atoms with E-state index in [1.807, 2.05) is 0 Å². The van der Waals surface area contributed by atoms with Crippen LogP contribution in [0.1, 0.15) is 10.5 Å². The topological polar surface area (TPSA) is 68.7 Å². The van der Waals surface area contributed by atoms with E-state index in [4.69, 9.17) is 9.84 Å². The van der Waals surface area contributed by atoms with Gasteiger partial charge in [-0.25, -0.2) is 9.78 Å². The quantitative estimate of drug-likeness (QED) is 0.919. The number of nitrogens with zero attached hydrogens (tertiary/aromatic N) is 1. The molecule has 0 saturated heterocycles. The molecule has 0 bridgehead atoms. The lowest BCUT2D eigenvalue weighted by atomic mass is 10.2. The van der Waals surface area contributed by atoms with Gasteiger partial charge in [-0.05, 0) is 18.2 Å². The molecule has 2 aromatic rings. The molecule has 1 heterocycles. The molecule has 0 spiro atoms. The summed E-state index contributed by atoms with van der Waals surface area (Å²) in [6, 6.07) is 4.37. The van der Waals surface area contributed by atoms with Crippen LogP contribution in [0.15, 0.2) is 23.6 Å². The molecular formula is C12H9F2NO4S. The Bertz CT molecular complexity index is 630. The van der Waals surface area contributed by atoms with Gasteiger partial charge in [-0.15, -0.1) is 11.3 Å². The van der Waals surface area contributed by atoms with Crippen LogP contribution in [0.5, 0.6) is 11.5 Å². The van der Waals surface area contributed by atoms with Crippen molar-refractivity contribution in [1.82, 2.24) is 4.98 Å². The molecule has 5 nitrogen and oxygen atoms in total. The summed E-state index contributed by atoms with van der Waals surface area (Å²) in [7, 11) is 1.33. The van der Waals surface area contributed by atoms with Crippen LogP contribution in [-0.2, 0) is 0 Å². The molecule has 2 rings (SSSR count). The zero-order valence-electron chi connectivity index (χ0n) is 10.2. The number of alkyl halides is 2. The van der Waals surface area contributed by atoms with Crippen molar-refractivity contribution in [2.45, 2.75) is 6.61 Å². The van der Waals surface area contributed by atoms with Crippen molar-refractivity contribution >= 4 is 17.3 Å². The van der Waals surface area contributed by atoms with Crippen LogP contribution in [0.25, 0.3) is 10.6 Å². The molecule has 0 aliphatic heterocycles. The van der Waals surface area contributed by atoms with Gasteiger partial charge in [0, 0.05) is 10.9 Å². The van der Waals surface area contributed by atoms with Gasteiger partial charge in [-0.2, -0.15) is 8.78 Å². The SMILES string of the molecule is COc1ccc(-c2nc(C(=O)O)cs2)cc1OC(F)F. The second-order valence-electron chi connectivity index (χ2n) is 3.59. The Morgan fingerprint density at radius 1 is 1.40 bits per heavy atom. The van der Waals surface area contributed by atoms with Gasteiger partial charge in [0.05, 0.1) is 7.11 Å². The summed E-state index contributed by atoms with van der Waals surface area (Å²) in [5.41, 5.74) is 0.371. The number of carbonyl (C=O) groups is 1. The monoisotopic (exact) mass is 301 g/mol. The van der Waals surface area contributed by atoms with E-state index in [-0.39, 0.29) is 17.2 Å². The fraction of sp³-hybridized carbons (Fsp3) is 0.167. The van der Waals surface area contributed by atoms with Crippen LogP contribution < -0.4 is 9.47 Å². The number of hydrogen-bond donors (Lipinski definition) is 1. The molecular weight excluding hydrogens is 292 g/mol. The summed E-state index contributed by atoms with van der Waals surface area (Å²) in [5, 5.41) is 10.6. The van der Waals surface area contributed by atoms with Gasteiger partial charge in [0.15, 0.2) is 17.2 Å². The third kappa shape index (κ3) is 3.02. The maximum absolute atomic E-state index is 12.3. The molecule has 0 fully saturated rings. The summed E-state index contributed by atoms with van der Waals surface area (Å²) < 4.78 is 33.9. The van der Waals surface area contributed by atoms with E-state index in [1.54, 1.807) is 6.07 Å². The van der Waals surface area contributed by atoms with E-state index in [0.717, 1.165) is 11.3 Å². The molecule has 0 radical (unpaired) electrons. The molecule has 0 unspecified atom stereocenters. The molecule has 1 aromatic carbocycles. The highest BCUT2D eigenvalue weighted by atomic mass is 32.1. The first-order chi connectivity index (χ1) is 9.51. The number of hydrogen-bond acceptors (Lipinski definition) is 5. The number of rotatable bonds is 5. The number of carboxylic acid groups (broad SMARTS) is 1. The summed E-state index contributed by atoms with van der Waals surface area (Å²) >= 11 is 1.10. The zero-order chi connectivity index (χ0) is 14.7. The zero-order valence-corrected chi connectivity index (χ0v) is 11.0. The fourth-order valence-electron chi connectivity index (χ4n) is 1.50. The summed E-state index contributed by atoms with van der Waals surface area (Å²) in [5.74, 6) is -1.12. The Morgan fingerprint density at radius 2 is 2.15 bits per heavy atom. The van der Waals surface area contributed by atoms with E-state index in [9.17, 15) is 13.6 Å². The van der Waals surface area contributed by atoms with Crippen LogP contribution in [0.4, 0.5) is 8.78 Å². The molecule has 0 atom stereocenters. The smallest absolute Gasteiger partial charge is 0.387 e. The third-order valence-electron chi connectivity index (χ3n) is 2.35. The van der Waals surface area contributed by atoms with Gasteiger partial charge >= 0.3 is 12.6 Å². The van der Waals surface area contributed by atoms with Crippen LogP contribution in [0.2, 0.25) is 0 Å². The first kappa shape index (κ1) is 14.2. The maximum atomic E-state index is 12.3. The predicted molar refractivity (Wildman–Crippen MR) is 67.7 cm³/mol. The normalized spacial score (nSPS) is 10.6. The molecule has 106 valence electrons. The number of benzene rings is 1.